The molecule has 0 spiro atoms. The molecule has 310 valence electrons. The summed E-state index contributed by atoms with van der Waals surface area (Å²) in [4.78, 5) is 22.2. The Hall–Kier alpha value is -2.48. The molecule has 0 radical (unpaired) electrons. The van der Waals surface area contributed by atoms with E-state index in [1.807, 2.05) is 18.2 Å². The first-order valence-corrected chi connectivity index (χ1v) is 22.6. The van der Waals surface area contributed by atoms with Crippen LogP contribution in [0.5, 0.6) is 0 Å². The molecule has 0 aromatic carbocycles. The third-order valence-corrected chi connectivity index (χ3v) is 9.37. The molecule has 0 aromatic rings. The highest BCUT2D eigenvalue weighted by Gasteiger charge is 2.24. The van der Waals surface area contributed by atoms with Crippen LogP contribution in [0.3, 0.4) is 0 Å². The van der Waals surface area contributed by atoms with Gasteiger partial charge < -0.3 is 20.1 Å². The van der Waals surface area contributed by atoms with E-state index in [-0.39, 0.29) is 38.8 Å². The third-order valence-electron chi connectivity index (χ3n) is 8.39. The maximum atomic E-state index is 12.4. The fraction of sp³-hybridized carbons (Fsp3) is 0.667. The Labute approximate surface area is 330 Å². The number of nitrogens with two attached hydrogens (primary N) is 1. The zero-order valence-corrected chi connectivity index (χ0v) is 35.1. The summed E-state index contributed by atoms with van der Waals surface area (Å²) in [6, 6.07) is 0. The minimum absolute atomic E-state index is 0.0855. The van der Waals surface area contributed by atoms with Crippen LogP contribution in [-0.4, -0.2) is 43.3 Å². The zero-order valence-electron chi connectivity index (χ0n) is 34.2. The summed E-state index contributed by atoms with van der Waals surface area (Å²) in [7, 11) is -4.29. The highest BCUT2D eigenvalue weighted by atomic mass is 31.2. The number of phosphoric ester groups is 1. The Bertz CT molecular complexity index is 1100. The van der Waals surface area contributed by atoms with E-state index in [9.17, 15) is 14.3 Å². The number of rotatable bonds is 39. The van der Waals surface area contributed by atoms with Crippen molar-refractivity contribution >= 4 is 13.8 Å². The minimum Gasteiger partial charge on any atom is -0.492 e. The van der Waals surface area contributed by atoms with Crippen molar-refractivity contribution < 1.29 is 32.8 Å². The highest BCUT2D eigenvalue weighted by molar-refractivity contribution is 7.47. The van der Waals surface area contributed by atoms with Crippen molar-refractivity contribution in [2.24, 2.45) is 5.73 Å². The quantitative estimate of drug-likeness (QED) is 0.0208. The summed E-state index contributed by atoms with van der Waals surface area (Å²) in [5.41, 5.74) is 5.36. The molecule has 8 nitrogen and oxygen atoms in total. The average molecular weight is 776 g/mol. The van der Waals surface area contributed by atoms with Crippen LogP contribution in [0.2, 0.25) is 0 Å². The van der Waals surface area contributed by atoms with Crippen LogP contribution in [0, 0.1) is 0 Å². The molecular formula is C45H78NO7P. The lowest BCUT2D eigenvalue weighted by Crippen LogP contribution is -2.25. The Morgan fingerprint density at radius 2 is 1.00 bits per heavy atom. The van der Waals surface area contributed by atoms with Gasteiger partial charge in [-0.25, -0.2) is 4.57 Å². The summed E-state index contributed by atoms with van der Waals surface area (Å²) in [6.45, 7) is 4.07. The Morgan fingerprint density at radius 1 is 0.574 bits per heavy atom. The van der Waals surface area contributed by atoms with Gasteiger partial charge in [0.25, 0.3) is 0 Å². The van der Waals surface area contributed by atoms with Crippen LogP contribution < -0.4 is 5.73 Å². The van der Waals surface area contributed by atoms with Gasteiger partial charge in [-0.2, -0.15) is 0 Å². The number of carbonyl (C=O) groups excluding carboxylic acids is 1. The first-order valence-electron chi connectivity index (χ1n) is 21.1. The summed E-state index contributed by atoms with van der Waals surface area (Å²) in [6.07, 6.45) is 54.3. The Balaban J connectivity index is 4.26. The lowest BCUT2D eigenvalue weighted by atomic mass is 10.1. The summed E-state index contributed by atoms with van der Waals surface area (Å²) >= 11 is 0. The van der Waals surface area contributed by atoms with E-state index >= 15 is 0 Å². The van der Waals surface area contributed by atoms with E-state index < -0.39 is 13.9 Å². The van der Waals surface area contributed by atoms with E-state index in [0.29, 0.717) is 6.42 Å². The van der Waals surface area contributed by atoms with Crippen molar-refractivity contribution in [2.75, 3.05) is 26.4 Å². The van der Waals surface area contributed by atoms with Crippen molar-refractivity contribution in [1.29, 1.82) is 0 Å². The normalized spacial score (nSPS) is 14.3. The van der Waals surface area contributed by atoms with Crippen molar-refractivity contribution in [1.82, 2.24) is 0 Å². The first-order chi connectivity index (χ1) is 26.4. The number of ether oxygens (including phenoxy) is 2. The van der Waals surface area contributed by atoms with Gasteiger partial charge in [-0.05, 0) is 89.5 Å². The van der Waals surface area contributed by atoms with E-state index in [1.165, 1.54) is 83.5 Å². The molecule has 0 amide bonds. The van der Waals surface area contributed by atoms with Gasteiger partial charge in [0.15, 0.2) is 6.10 Å². The second-order valence-corrected chi connectivity index (χ2v) is 15.0. The number of unbranched alkanes of at least 4 members (excludes halogenated alkanes) is 14. The summed E-state index contributed by atoms with van der Waals surface area (Å²) < 4.78 is 33.1. The molecule has 54 heavy (non-hydrogen) atoms. The van der Waals surface area contributed by atoms with Crippen molar-refractivity contribution in [3.05, 3.63) is 85.3 Å². The van der Waals surface area contributed by atoms with Gasteiger partial charge in [-0.1, -0.05) is 145 Å². The number of phosphoric acid groups is 1. The second kappa shape index (κ2) is 41.7. The van der Waals surface area contributed by atoms with E-state index in [4.69, 9.17) is 24.3 Å². The number of esters is 1. The van der Waals surface area contributed by atoms with Crippen LogP contribution in [0.1, 0.15) is 162 Å². The number of hydrogen-bond acceptors (Lipinski definition) is 7. The molecule has 0 saturated carbocycles. The predicted octanol–water partition coefficient (Wildman–Crippen LogP) is 12.9. The molecule has 0 aliphatic carbocycles. The zero-order chi connectivity index (χ0) is 39.5. The molecule has 3 N–H and O–H groups in total. The Kier molecular flexibility index (Phi) is 39.8. The van der Waals surface area contributed by atoms with Crippen LogP contribution in [0.25, 0.3) is 0 Å². The molecule has 0 rings (SSSR count). The number of carbonyl (C=O) groups is 1. The van der Waals surface area contributed by atoms with Gasteiger partial charge in [0.1, 0.15) is 6.61 Å². The van der Waals surface area contributed by atoms with E-state index in [1.54, 1.807) is 6.26 Å². The van der Waals surface area contributed by atoms with Crippen LogP contribution in [0.15, 0.2) is 85.3 Å². The molecule has 0 fully saturated rings. The highest BCUT2D eigenvalue weighted by Crippen LogP contribution is 2.43. The molecule has 9 heteroatoms. The fourth-order valence-electron chi connectivity index (χ4n) is 5.19. The average Bonchev–Trinajstić information content (AvgIpc) is 3.16. The first kappa shape index (κ1) is 51.5. The second-order valence-electron chi connectivity index (χ2n) is 13.6. The van der Waals surface area contributed by atoms with E-state index in [2.05, 4.69) is 74.6 Å². The van der Waals surface area contributed by atoms with Gasteiger partial charge in [0.05, 0.1) is 19.5 Å². The molecule has 0 aliphatic heterocycles. The van der Waals surface area contributed by atoms with Gasteiger partial charge in [0.2, 0.25) is 0 Å². The van der Waals surface area contributed by atoms with Crippen LogP contribution in [-0.2, 0) is 27.9 Å². The molecular weight excluding hydrogens is 697 g/mol. The molecule has 0 aliphatic rings. The summed E-state index contributed by atoms with van der Waals surface area (Å²) in [5, 5.41) is 0. The molecule has 1 unspecified atom stereocenters. The third kappa shape index (κ3) is 40.7. The molecule has 0 bridgehead atoms. The predicted molar refractivity (Wildman–Crippen MR) is 228 cm³/mol. The van der Waals surface area contributed by atoms with Gasteiger partial charge in [0, 0.05) is 13.0 Å². The molecule has 0 saturated heterocycles. The van der Waals surface area contributed by atoms with Crippen molar-refractivity contribution in [2.45, 2.75) is 168 Å². The lowest BCUT2D eigenvalue weighted by Gasteiger charge is -2.19. The van der Waals surface area contributed by atoms with Gasteiger partial charge in [-0.15, -0.1) is 0 Å². The maximum absolute atomic E-state index is 12.4. The molecule has 0 aromatic heterocycles. The summed E-state index contributed by atoms with van der Waals surface area (Å²) in [5.74, 6) is -0.376. The SMILES string of the molecule is CCCCCC=CCC=CCC=CCC=CCC=CCCC(=O)OC[C@H](COP(=O)(O)OCCN)OC=CCCCCCCC=CCCCCCCCC. The fourth-order valence-corrected chi connectivity index (χ4v) is 5.96. The topological polar surface area (TPSA) is 117 Å². The lowest BCUT2D eigenvalue weighted by molar-refractivity contribution is -0.147. The van der Waals surface area contributed by atoms with Crippen LogP contribution in [0.4, 0.5) is 0 Å². The van der Waals surface area contributed by atoms with Gasteiger partial charge >= 0.3 is 13.8 Å². The van der Waals surface area contributed by atoms with Crippen molar-refractivity contribution in [3.8, 4) is 0 Å². The molecule has 0 heterocycles. The molecule has 2 atom stereocenters. The van der Waals surface area contributed by atoms with Crippen LogP contribution >= 0.6 is 7.82 Å². The maximum Gasteiger partial charge on any atom is 0.472 e. The standard InChI is InChI=1S/C45H78NO7P/c1-3-5-7-9-11-13-15-17-19-21-22-23-24-26-28-30-32-34-36-38-45(47)51-42-44(43-53-54(48,49)52-41-39-46)50-40-37-35-33-31-29-27-25-20-18-16-14-12-10-8-6-4-2/h11,13,17-20,22-23,26,28,32,34,37,40,44H,3-10,12,14-16,21,24-25,27,29-31,33,35-36,38-39,41-43,46H2,1-2H3,(H,48,49)/t44-/m1/s1. The monoisotopic (exact) mass is 776 g/mol. The van der Waals surface area contributed by atoms with Gasteiger partial charge in [-0.3, -0.25) is 13.8 Å². The Morgan fingerprint density at radius 3 is 1.54 bits per heavy atom. The largest absolute Gasteiger partial charge is 0.492 e. The smallest absolute Gasteiger partial charge is 0.472 e. The van der Waals surface area contributed by atoms with Crippen molar-refractivity contribution in [3.63, 3.8) is 0 Å². The number of allylic oxidation sites excluding steroid dienone is 13. The number of hydrogen-bond donors (Lipinski definition) is 2. The van der Waals surface area contributed by atoms with E-state index in [0.717, 1.165) is 51.4 Å². The minimum atomic E-state index is -4.29.